The predicted octanol–water partition coefficient (Wildman–Crippen LogP) is 4.42. The number of nitrogens with one attached hydrogen (secondary N) is 1. The molecule has 1 unspecified atom stereocenters. The van der Waals surface area contributed by atoms with Crippen LogP contribution in [0.5, 0.6) is 0 Å². The first-order valence-corrected chi connectivity index (χ1v) is 10.3. The van der Waals surface area contributed by atoms with Gasteiger partial charge in [0, 0.05) is 11.6 Å². The number of carbonyl (C=O) groups is 1. The molecule has 1 atom stereocenters. The van der Waals surface area contributed by atoms with Crippen LogP contribution >= 0.6 is 11.6 Å². The van der Waals surface area contributed by atoms with Crippen LogP contribution in [0.4, 0.5) is 4.39 Å². The lowest BCUT2D eigenvalue weighted by atomic mass is 10.1. The van der Waals surface area contributed by atoms with Gasteiger partial charge >= 0.3 is 0 Å². The number of amides is 1. The number of aromatic nitrogens is 2. The van der Waals surface area contributed by atoms with Crippen LogP contribution in [0.3, 0.4) is 0 Å². The van der Waals surface area contributed by atoms with E-state index in [4.69, 9.17) is 11.6 Å². The Morgan fingerprint density at radius 3 is 2.65 bits per heavy atom. The summed E-state index contributed by atoms with van der Waals surface area (Å²) in [6, 6.07) is 20.6. The Kier molecular flexibility index (Phi) is 6.30. The number of benzene rings is 3. The van der Waals surface area contributed by atoms with Crippen molar-refractivity contribution < 1.29 is 14.3 Å². The van der Waals surface area contributed by atoms with Crippen LogP contribution in [-0.4, -0.2) is 20.6 Å². The number of imidazole rings is 1. The van der Waals surface area contributed by atoms with Crippen molar-refractivity contribution in [1.29, 1.82) is 0 Å². The molecule has 158 valence electrons. The lowest BCUT2D eigenvalue weighted by Gasteiger charge is -2.15. The lowest BCUT2D eigenvalue weighted by Crippen LogP contribution is -2.26. The third-order valence-corrected chi connectivity index (χ3v) is 5.30. The van der Waals surface area contributed by atoms with E-state index in [2.05, 4.69) is 10.3 Å². The van der Waals surface area contributed by atoms with Crippen LogP contribution in [0.15, 0.2) is 72.8 Å². The summed E-state index contributed by atoms with van der Waals surface area (Å²) in [7, 11) is 0. The minimum Gasteiger partial charge on any atom is -0.387 e. The highest BCUT2D eigenvalue weighted by atomic mass is 35.5. The number of aliphatic hydroxyl groups is 1. The Morgan fingerprint density at radius 1 is 1.10 bits per heavy atom. The molecule has 1 amide bonds. The van der Waals surface area contributed by atoms with Crippen molar-refractivity contribution in [2.24, 2.45) is 0 Å². The van der Waals surface area contributed by atoms with Crippen LogP contribution in [-0.2, 0) is 24.3 Å². The number of rotatable bonds is 7. The summed E-state index contributed by atoms with van der Waals surface area (Å²) in [5.41, 5.74) is 2.94. The van der Waals surface area contributed by atoms with Gasteiger partial charge in [-0.3, -0.25) is 4.79 Å². The standard InChI is InChI=1S/C24H21ClFN3O2/c25-18-10-8-16(9-11-18)14-27-24(31)13-23-28-20-6-1-2-7-21(20)29(23)15-22(30)17-4-3-5-19(26)12-17/h1-12,22,30H,13-15H2,(H,27,31). The van der Waals surface area contributed by atoms with Crippen LogP contribution in [0.25, 0.3) is 11.0 Å². The maximum atomic E-state index is 13.6. The Balaban J connectivity index is 1.53. The lowest BCUT2D eigenvalue weighted by molar-refractivity contribution is -0.120. The molecule has 0 aliphatic carbocycles. The molecule has 0 aliphatic heterocycles. The van der Waals surface area contributed by atoms with Gasteiger partial charge in [-0.15, -0.1) is 0 Å². The molecule has 4 rings (SSSR count). The third-order valence-electron chi connectivity index (χ3n) is 5.04. The fourth-order valence-corrected chi connectivity index (χ4v) is 3.59. The van der Waals surface area contributed by atoms with Crippen LogP contribution in [0, 0.1) is 5.82 Å². The van der Waals surface area contributed by atoms with E-state index in [9.17, 15) is 14.3 Å². The molecule has 0 fully saturated rings. The minimum absolute atomic E-state index is 0.0537. The number of nitrogens with zero attached hydrogens (tertiary/aromatic N) is 2. The largest absolute Gasteiger partial charge is 0.387 e. The molecule has 3 aromatic carbocycles. The molecule has 31 heavy (non-hydrogen) atoms. The van der Waals surface area contributed by atoms with Crippen LogP contribution in [0.2, 0.25) is 5.02 Å². The molecule has 0 aliphatic rings. The number of para-hydroxylation sites is 2. The Morgan fingerprint density at radius 2 is 1.87 bits per heavy atom. The summed E-state index contributed by atoms with van der Waals surface area (Å²) in [6.07, 6.45) is -0.887. The average molecular weight is 438 g/mol. The zero-order valence-corrected chi connectivity index (χ0v) is 17.4. The van der Waals surface area contributed by atoms with Crippen molar-refractivity contribution in [1.82, 2.24) is 14.9 Å². The van der Waals surface area contributed by atoms with E-state index in [1.807, 2.05) is 41.0 Å². The fraction of sp³-hybridized carbons (Fsp3) is 0.167. The van der Waals surface area contributed by atoms with E-state index in [1.165, 1.54) is 12.1 Å². The summed E-state index contributed by atoms with van der Waals surface area (Å²) in [5.74, 6) is -0.0640. The molecule has 2 N–H and O–H groups in total. The van der Waals surface area contributed by atoms with Crippen molar-refractivity contribution in [3.63, 3.8) is 0 Å². The van der Waals surface area contributed by atoms with Gasteiger partial charge in [0.15, 0.2) is 0 Å². The van der Waals surface area contributed by atoms with E-state index in [0.29, 0.717) is 23.0 Å². The van der Waals surface area contributed by atoms with Crippen molar-refractivity contribution in [3.05, 3.63) is 101 Å². The first-order valence-electron chi connectivity index (χ1n) is 9.88. The van der Waals surface area contributed by atoms with E-state index in [-0.39, 0.29) is 18.9 Å². The quantitative estimate of drug-likeness (QED) is 0.449. The molecule has 0 radical (unpaired) electrons. The highest BCUT2D eigenvalue weighted by molar-refractivity contribution is 6.30. The van der Waals surface area contributed by atoms with Gasteiger partial charge in [-0.2, -0.15) is 0 Å². The van der Waals surface area contributed by atoms with Gasteiger partial charge in [-0.25, -0.2) is 9.37 Å². The number of hydrogen-bond donors (Lipinski definition) is 2. The second-order valence-corrected chi connectivity index (χ2v) is 7.71. The van der Waals surface area contributed by atoms with E-state index in [1.54, 1.807) is 24.3 Å². The van der Waals surface area contributed by atoms with Gasteiger partial charge in [0.05, 0.1) is 30.1 Å². The highest BCUT2D eigenvalue weighted by Gasteiger charge is 2.18. The molecule has 0 bridgehead atoms. The number of fused-ring (bicyclic) bond motifs is 1. The third kappa shape index (κ3) is 5.10. The van der Waals surface area contributed by atoms with Gasteiger partial charge in [0.2, 0.25) is 5.91 Å². The smallest absolute Gasteiger partial charge is 0.227 e. The summed E-state index contributed by atoms with van der Waals surface area (Å²) in [6.45, 7) is 0.534. The predicted molar refractivity (Wildman–Crippen MR) is 118 cm³/mol. The van der Waals surface area contributed by atoms with E-state index >= 15 is 0 Å². The van der Waals surface area contributed by atoms with Crippen molar-refractivity contribution >= 4 is 28.5 Å². The monoisotopic (exact) mass is 437 g/mol. The number of carbonyl (C=O) groups excluding carboxylic acids is 1. The molecule has 1 heterocycles. The Hall–Kier alpha value is -3.22. The van der Waals surface area contributed by atoms with E-state index < -0.39 is 11.9 Å². The molecule has 4 aromatic rings. The van der Waals surface area contributed by atoms with Crippen LogP contribution < -0.4 is 5.32 Å². The number of hydrogen-bond acceptors (Lipinski definition) is 3. The first kappa shape index (κ1) is 21.0. The zero-order chi connectivity index (χ0) is 21.8. The summed E-state index contributed by atoms with van der Waals surface area (Å²) >= 11 is 5.89. The first-order chi connectivity index (χ1) is 15.0. The number of aliphatic hydroxyl groups excluding tert-OH is 1. The van der Waals surface area contributed by atoms with Crippen molar-refractivity contribution in [2.45, 2.75) is 25.6 Å². The Bertz CT molecular complexity index is 1210. The average Bonchev–Trinajstić information content (AvgIpc) is 3.10. The molecular weight excluding hydrogens is 417 g/mol. The zero-order valence-electron chi connectivity index (χ0n) is 16.6. The summed E-state index contributed by atoms with van der Waals surface area (Å²) in [5, 5.41) is 14.2. The topological polar surface area (TPSA) is 67.2 Å². The maximum absolute atomic E-state index is 13.6. The molecule has 0 saturated heterocycles. The van der Waals surface area contributed by atoms with E-state index in [0.717, 1.165) is 16.6 Å². The Labute approximate surface area is 184 Å². The van der Waals surface area contributed by atoms with Gasteiger partial charge in [-0.1, -0.05) is 48.0 Å². The molecule has 1 aromatic heterocycles. The summed E-state index contributed by atoms with van der Waals surface area (Å²) < 4.78 is 15.4. The fourth-order valence-electron chi connectivity index (χ4n) is 3.47. The minimum atomic E-state index is -0.941. The molecule has 5 nitrogen and oxygen atoms in total. The van der Waals surface area contributed by atoms with Gasteiger partial charge in [0.1, 0.15) is 11.6 Å². The molecule has 0 spiro atoms. The van der Waals surface area contributed by atoms with Crippen molar-refractivity contribution in [2.75, 3.05) is 0 Å². The summed E-state index contributed by atoms with van der Waals surface area (Å²) in [4.78, 5) is 17.2. The van der Waals surface area contributed by atoms with Gasteiger partial charge in [-0.05, 0) is 47.5 Å². The molecule has 7 heteroatoms. The molecular formula is C24H21ClFN3O2. The second kappa shape index (κ2) is 9.29. The second-order valence-electron chi connectivity index (χ2n) is 7.28. The van der Waals surface area contributed by atoms with Gasteiger partial charge < -0.3 is 15.0 Å². The SMILES string of the molecule is O=C(Cc1nc2ccccc2n1CC(O)c1cccc(F)c1)NCc1ccc(Cl)cc1. The van der Waals surface area contributed by atoms with Crippen molar-refractivity contribution in [3.8, 4) is 0 Å². The van der Waals surface area contributed by atoms with Crippen LogP contribution in [0.1, 0.15) is 23.1 Å². The number of halogens is 2. The molecule has 0 saturated carbocycles. The highest BCUT2D eigenvalue weighted by Crippen LogP contribution is 2.22. The van der Waals surface area contributed by atoms with Gasteiger partial charge in [0.25, 0.3) is 0 Å². The normalized spacial score (nSPS) is 12.1. The maximum Gasteiger partial charge on any atom is 0.227 e.